The predicted octanol–water partition coefficient (Wildman–Crippen LogP) is 3.85. The summed E-state index contributed by atoms with van der Waals surface area (Å²) in [5, 5.41) is 3.22. The van der Waals surface area contributed by atoms with Gasteiger partial charge >= 0.3 is 0 Å². The summed E-state index contributed by atoms with van der Waals surface area (Å²) in [6, 6.07) is 14.8. The van der Waals surface area contributed by atoms with Crippen LogP contribution in [0.2, 0.25) is 0 Å². The maximum atomic E-state index is 13.5. The van der Waals surface area contributed by atoms with Gasteiger partial charge in [-0.05, 0) is 35.4 Å². The lowest BCUT2D eigenvalue weighted by atomic mass is 9.74. The number of rotatable bonds is 2. The van der Waals surface area contributed by atoms with Gasteiger partial charge in [-0.25, -0.2) is 4.39 Å². The van der Waals surface area contributed by atoms with Crippen molar-refractivity contribution >= 4 is 17.7 Å². The topological polar surface area (TPSA) is 32.3 Å². The van der Waals surface area contributed by atoms with Gasteiger partial charge in [-0.2, -0.15) is 0 Å². The third-order valence-electron chi connectivity index (χ3n) is 5.50. The second-order valence-electron chi connectivity index (χ2n) is 7.25. The Labute approximate surface area is 147 Å². The van der Waals surface area contributed by atoms with Crippen LogP contribution in [-0.2, 0) is 10.2 Å². The van der Waals surface area contributed by atoms with E-state index in [1.165, 1.54) is 17.7 Å². The highest BCUT2D eigenvalue weighted by Gasteiger charge is 2.57. The number of anilines is 1. The molecule has 0 spiro atoms. The Balaban J connectivity index is 1.85. The molecule has 1 N–H and O–H groups in total. The number of carbonyl (C=O) groups is 1. The molecule has 25 heavy (non-hydrogen) atoms. The Kier molecular flexibility index (Phi) is 3.46. The van der Waals surface area contributed by atoms with Crippen LogP contribution in [0.15, 0.2) is 54.6 Å². The van der Waals surface area contributed by atoms with E-state index in [1.807, 2.05) is 30.4 Å². The molecule has 1 amide bonds. The summed E-state index contributed by atoms with van der Waals surface area (Å²) in [6.45, 7) is 4.96. The van der Waals surface area contributed by atoms with E-state index in [0.717, 1.165) is 11.3 Å². The van der Waals surface area contributed by atoms with Gasteiger partial charge in [-0.15, -0.1) is 0 Å². The van der Waals surface area contributed by atoms with Crippen molar-refractivity contribution in [2.24, 2.45) is 0 Å². The summed E-state index contributed by atoms with van der Waals surface area (Å²) in [4.78, 5) is 14.5. The standard InChI is InChI=1S/C21H21FN2O/c1-20(2)17-8-3-4-9-18(17)24-13-11-19(25)23-21(20,24)12-10-15-6-5-7-16(22)14-15/h3-10,12,14H,11,13H2,1-2H3,(H,23,25). The van der Waals surface area contributed by atoms with Crippen LogP contribution < -0.4 is 10.2 Å². The molecule has 4 rings (SSSR count). The van der Waals surface area contributed by atoms with Gasteiger partial charge in [0.15, 0.2) is 0 Å². The Morgan fingerprint density at radius 2 is 1.96 bits per heavy atom. The largest absolute Gasteiger partial charge is 0.344 e. The highest BCUT2D eigenvalue weighted by Crippen LogP contribution is 2.52. The lowest BCUT2D eigenvalue weighted by molar-refractivity contribution is -0.124. The molecule has 128 valence electrons. The van der Waals surface area contributed by atoms with Crippen molar-refractivity contribution in [1.29, 1.82) is 0 Å². The Morgan fingerprint density at radius 1 is 1.16 bits per heavy atom. The molecule has 3 nitrogen and oxygen atoms in total. The van der Waals surface area contributed by atoms with E-state index in [1.54, 1.807) is 6.07 Å². The third kappa shape index (κ3) is 2.28. The molecule has 0 saturated carbocycles. The maximum Gasteiger partial charge on any atom is 0.223 e. The summed E-state index contributed by atoms with van der Waals surface area (Å²) in [5.74, 6) is -0.223. The summed E-state index contributed by atoms with van der Waals surface area (Å²) in [5.41, 5.74) is 2.17. The molecule has 1 unspecified atom stereocenters. The number of halogens is 1. The fourth-order valence-electron chi connectivity index (χ4n) is 4.15. The Hall–Kier alpha value is -2.62. The number of hydrogen-bond donors (Lipinski definition) is 1. The fraction of sp³-hybridized carbons (Fsp3) is 0.286. The monoisotopic (exact) mass is 336 g/mol. The Morgan fingerprint density at radius 3 is 2.76 bits per heavy atom. The molecule has 2 aliphatic heterocycles. The summed E-state index contributed by atoms with van der Waals surface area (Å²) >= 11 is 0. The molecular weight excluding hydrogens is 315 g/mol. The van der Waals surface area contributed by atoms with Crippen LogP contribution in [0, 0.1) is 5.82 Å². The molecule has 1 saturated heterocycles. The molecule has 0 aromatic heterocycles. The summed E-state index contributed by atoms with van der Waals surface area (Å²) in [7, 11) is 0. The van der Waals surface area contributed by atoms with Crippen molar-refractivity contribution in [1.82, 2.24) is 5.32 Å². The van der Waals surface area contributed by atoms with E-state index in [9.17, 15) is 9.18 Å². The highest BCUT2D eigenvalue weighted by molar-refractivity contribution is 5.84. The van der Waals surface area contributed by atoms with E-state index < -0.39 is 5.66 Å². The van der Waals surface area contributed by atoms with Gasteiger partial charge < -0.3 is 10.2 Å². The zero-order valence-electron chi connectivity index (χ0n) is 14.4. The van der Waals surface area contributed by atoms with E-state index in [0.29, 0.717) is 13.0 Å². The number of amides is 1. The first kappa shape index (κ1) is 15.9. The smallest absolute Gasteiger partial charge is 0.223 e. The molecule has 2 aliphatic rings. The molecule has 4 heteroatoms. The van der Waals surface area contributed by atoms with Crippen LogP contribution in [-0.4, -0.2) is 18.1 Å². The number of fused-ring (bicyclic) bond motifs is 3. The van der Waals surface area contributed by atoms with Crippen LogP contribution in [0.25, 0.3) is 6.08 Å². The minimum Gasteiger partial charge on any atom is -0.344 e. The lowest BCUT2D eigenvalue weighted by Crippen LogP contribution is -2.68. The first-order chi connectivity index (χ1) is 11.9. The van der Waals surface area contributed by atoms with Gasteiger partial charge in [-0.1, -0.05) is 50.3 Å². The number of nitrogens with one attached hydrogen (secondary N) is 1. The van der Waals surface area contributed by atoms with Gasteiger partial charge in [0.05, 0.1) is 0 Å². The van der Waals surface area contributed by atoms with E-state index in [-0.39, 0.29) is 17.1 Å². The fourth-order valence-corrected chi connectivity index (χ4v) is 4.15. The average Bonchev–Trinajstić information content (AvgIpc) is 2.78. The van der Waals surface area contributed by atoms with Gasteiger partial charge in [0.1, 0.15) is 11.5 Å². The van der Waals surface area contributed by atoms with Crippen molar-refractivity contribution in [3.8, 4) is 0 Å². The van der Waals surface area contributed by atoms with E-state index >= 15 is 0 Å². The molecule has 0 aliphatic carbocycles. The summed E-state index contributed by atoms with van der Waals surface area (Å²) < 4.78 is 13.5. The zero-order chi connectivity index (χ0) is 17.7. The quantitative estimate of drug-likeness (QED) is 0.903. The molecule has 2 aromatic rings. The molecule has 1 atom stereocenters. The molecule has 2 heterocycles. The molecule has 0 radical (unpaired) electrons. The maximum absolute atomic E-state index is 13.5. The third-order valence-corrected chi connectivity index (χ3v) is 5.50. The minimum atomic E-state index is -0.654. The van der Waals surface area contributed by atoms with Crippen molar-refractivity contribution in [3.05, 3.63) is 71.6 Å². The second kappa shape index (κ2) is 5.45. The molecule has 0 bridgehead atoms. The zero-order valence-corrected chi connectivity index (χ0v) is 14.4. The van der Waals surface area contributed by atoms with Crippen LogP contribution in [0.3, 0.4) is 0 Å². The number of hydrogen-bond acceptors (Lipinski definition) is 2. The normalized spacial score (nSPS) is 24.1. The van der Waals surface area contributed by atoms with Crippen molar-refractivity contribution in [2.75, 3.05) is 11.4 Å². The van der Waals surface area contributed by atoms with Gasteiger partial charge in [0.25, 0.3) is 0 Å². The van der Waals surface area contributed by atoms with E-state index in [2.05, 4.69) is 36.2 Å². The lowest BCUT2D eigenvalue weighted by Gasteiger charge is -2.49. The average molecular weight is 336 g/mol. The van der Waals surface area contributed by atoms with Crippen LogP contribution in [0.1, 0.15) is 31.4 Å². The van der Waals surface area contributed by atoms with Gasteiger partial charge in [0, 0.05) is 24.1 Å². The molecular formula is C21H21FN2O. The van der Waals surface area contributed by atoms with Crippen molar-refractivity contribution in [2.45, 2.75) is 31.3 Å². The Bertz CT molecular complexity index is 874. The SMILES string of the molecule is CC1(C)c2ccccc2N2CCC(=O)NC21C=Cc1cccc(F)c1. The molecule has 1 fully saturated rings. The first-order valence-electron chi connectivity index (χ1n) is 8.57. The molecule has 2 aromatic carbocycles. The van der Waals surface area contributed by atoms with E-state index in [4.69, 9.17) is 0 Å². The number of carbonyl (C=O) groups excluding carboxylic acids is 1. The predicted molar refractivity (Wildman–Crippen MR) is 97.7 cm³/mol. The van der Waals surface area contributed by atoms with Crippen LogP contribution >= 0.6 is 0 Å². The van der Waals surface area contributed by atoms with Crippen molar-refractivity contribution < 1.29 is 9.18 Å². The van der Waals surface area contributed by atoms with Gasteiger partial charge in [-0.3, -0.25) is 4.79 Å². The van der Waals surface area contributed by atoms with Crippen LogP contribution in [0.5, 0.6) is 0 Å². The van der Waals surface area contributed by atoms with Gasteiger partial charge in [0.2, 0.25) is 5.91 Å². The second-order valence-corrected chi connectivity index (χ2v) is 7.25. The first-order valence-corrected chi connectivity index (χ1v) is 8.57. The minimum absolute atomic E-state index is 0.0426. The number of nitrogens with zero attached hydrogens (tertiary/aromatic N) is 1. The van der Waals surface area contributed by atoms with Crippen LogP contribution in [0.4, 0.5) is 10.1 Å². The number of para-hydroxylation sites is 1. The number of benzene rings is 2. The van der Waals surface area contributed by atoms with Crippen molar-refractivity contribution in [3.63, 3.8) is 0 Å². The highest BCUT2D eigenvalue weighted by atomic mass is 19.1. The summed E-state index contributed by atoms with van der Waals surface area (Å²) in [6.07, 6.45) is 4.38.